The van der Waals surface area contributed by atoms with Gasteiger partial charge in [-0.15, -0.1) is 0 Å². The molecule has 0 bridgehead atoms. The lowest BCUT2D eigenvalue weighted by atomic mass is 9.86. The third kappa shape index (κ3) is 5.85. The van der Waals surface area contributed by atoms with Crippen molar-refractivity contribution < 1.29 is 14.6 Å². The molecule has 3 aromatic rings. The van der Waals surface area contributed by atoms with Gasteiger partial charge >= 0.3 is 0 Å². The van der Waals surface area contributed by atoms with Crippen molar-refractivity contribution in [3.8, 4) is 11.5 Å². The number of amides is 1. The van der Waals surface area contributed by atoms with Crippen LogP contribution in [0.5, 0.6) is 11.5 Å². The average Bonchev–Trinajstić information content (AvgIpc) is 3.28. The van der Waals surface area contributed by atoms with Gasteiger partial charge in [-0.25, -0.2) is 0 Å². The number of rotatable bonds is 7. The van der Waals surface area contributed by atoms with E-state index in [-0.39, 0.29) is 29.3 Å². The zero-order valence-corrected chi connectivity index (χ0v) is 21.1. The van der Waals surface area contributed by atoms with Crippen molar-refractivity contribution in [2.75, 3.05) is 7.11 Å². The summed E-state index contributed by atoms with van der Waals surface area (Å²) >= 11 is 0. The molecule has 184 valence electrons. The van der Waals surface area contributed by atoms with Crippen LogP contribution in [0.25, 0.3) is 0 Å². The van der Waals surface area contributed by atoms with E-state index in [4.69, 9.17) is 4.74 Å². The van der Waals surface area contributed by atoms with Crippen LogP contribution in [-0.2, 0) is 23.2 Å². The SMILES string of the molecule is COc1ccc(C(C)(C)C)cc1CNC1CCC(c2ccccc2)N1C(=O)Cc1ccc(O)cc1. The van der Waals surface area contributed by atoms with Crippen LogP contribution in [0.1, 0.15) is 61.9 Å². The third-order valence-corrected chi connectivity index (χ3v) is 6.82. The number of aromatic hydroxyl groups is 1. The Morgan fingerprint density at radius 2 is 1.74 bits per heavy atom. The highest BCUT2D eigenvalue weighted by Gasteiger charge is 2.37. The fourth-order valence-electron chi connectivity index (χ4n) is 4.85. The lowest BCUT2D eigenvalue weighted by Crippen LogP contribution is -2.46. The molecule has 35 heavy (non-hydrogen) atoms. The number of phenols is 1. The molecule has 0 radical (unpaired) electrons. The maximum absolute atomic E-state index is 13.6. The molecule has 0 aliphatic carbocycles. The molecule has 1 fully saturated rings. The molecule has 0 spiro atoms. The topological polar surface area (TPSA) is 61.8 Å². The number of phenolic OH excluding ortho intramolecular Hbond substituents is 1. The van der Waals surface area contributed by atoms with Gasteiger partial charge in [0.25, 0.3) is 0 Å². The molecule has 1 aliphatic rings. The molecule has 0 saturated carbocycles. The van der Waals surface area contributed by atoms with E-state index in [2.05, 4.69) is 50.4 Å². The van der Waals surface area contributed by atoms with Crippen LogP contribution in [0.4, 0.5) is 0 Å². The van der Waals surface area contributed by atoms with Crippen LogP contribution >= 0.6 is 0 Å². The average molecular weight is 473 g/mol. The first-order chi connectivity index (χ1) is 16.8. The largest absolute Gasteiger partial charge is 0.508 e. The predicted molar refractivity (Wildman–Crippen MR) is 139 cm³/mol. The minimum atomic E-state index is -0.0761. The van der Waals surface area contributed by atoms with Crippen LogP contribution in [0, 0.1) is 0 Å². The van der Waals surface area contributed by atoms with E-state index in [0.717, 1.165) is 35.3 Å². The Morgan fingerprint density at radius 1 is 1.03 bits per heavy atom. The molecule has 5 nitrogen and oxygen atoms in total. The number of carbonyl (C=O) groups excluding carboxylic acids is 1. The first-order valence-electron chi connectivity index (χ1n) is 12.3. The minimum Gasteiger partial charge on any atom is -0.508 e. The molecule has 0 aromatic heterocycles. The molecule has 2 atom stereocenters. The number of benzene rings is 3. The summed E-state index contributed by atoms with van der Waals surface area (Å²) in [5, 5.41) is 13.3. The highest BCUT2D eigenvalue weighted by atomic mass is 16.5. The van der Waals surface area contributed by atoms with Gasteiger partial charge < -0.3 is 14.7 Å². The van der Waals surface area contributed by atoms with E-state index < -0.39 is 0 Å². The normalized spacial score (nSPS) is 18.0. The van der Waals surface area contributed by atoms with Crippen LogP contribution in [0.3, 0.4) is 0 Å². The molecule has 1 aliphatic heterocycles. The maximum atomic E-state index is 13.6. The standard InChI is InChI=1S/C30H36N2O3/c1-30(2,3)24-12-16-27(35-4)23(19-24)20-31-28-17-15-26(22-8-6-5-7-9-22)32(28)29(34)18-21-10-13-25(33)14-11-21/h5-14,16,19,26,28,31,33H,15,17-18,20H2,1-4H3. The van der Waals surface area contributed by atoms with Gasteiger partial charge in [-0.05, 0) is 53.1 Å². The quantitative estimate of drug-likeness (QED) is 0.462. The summed E-state index contributed by atoms with van der Waals surface area (Å²) in [6, 6.07) is 23.5. The van der Waals surface area contributed by atoms with E-state index in [1.165, 1.54) is 5.56 Å². The summed E-state index contributed by atoms with van der Waals surface area (Å²) in [5.74, 6) is 1.13. The molecular weight excluding hydrogens is 436 g/mol. The van der Waals surface area contributed by atoms with Gasteiger partial charge in [0.2, 0.25) is 5.91 Å². The Kier molecular flexibility index (Phi) is 7.46. The van der Waals surface area contributed by atoms with Crippen molar-refractivity contribution >= 4 is 5.91 Å². The summed E-state index contributed by atoms with van der Waals surface area (Å²) in [5.41, 5.74) is 4.43. The number of nitrogens with zero attached hydrogens (tertiary/aromatic N) is 1. The molecule has 4 rings (SSSR count). The van der Waals surface area contributed by atoms with Crippen molar-refractivity contribution in [3.05, 3.63) is 95.1 Å². The van der Waals surface area contributed by atoms with Crippen molar-refractivity contribution in [2.24, 2.45) is 0 Å². The summed E-state index contributed by atoms with van der Waals surface area (Å²) in [7, 11) is 1.70. The van der Waals surface area contributed by atoms with Gasteiger partial charge in [-0.2, -0.15) is 0 Å². The van der Waals surface area contributed by atoms with Crippen molar-refractivity contribution in [1.29, 1.82) is 0 Å². The van der Waals surface area contributed by atoms with Crippen LogP contribution in [-0.4, -0.2) is 29.2 Å². The highest BCUT2D eigenvalue weighted by Crippen LogP contribution is 2.36. The molecular formula is C30H36N2O3. The molecule has 3 aromatic carbocycles. The van der Waals surface area contributed by atoms with E-state index in [1.807, 2.05) is 41.3 Å². The molecule has 1 saturated heterocycles. The molecule has 5 heteroatoms. The zero-order valence-electron chi connectivity index (χ0n) is 21.1. The van der Waals surface area contributed by atoms with Gasteiger partial charge in [0.1, 0.15) is 11.5 Å². The lowest BCUT2D eigenvalue weighted by molar-refractivity contribution is -0.134. The Hall–Kier alpha value is -3.31. The van der Waals surface area contributed by atoms with Crippen LogP contribution in [0.15, 0.2) is 72.8 Å². The van der Waals surface area contributed by atoms with E-state index in [0.29, 0.717) is 13.0 Å². The Morgan fingerprint density at radius 3 is 2.40 bits per heavy atom. The number of methoxy groups -OCH3 is 1. The van der Waals surface area contributed by atoms with E-state index >= 15 is 0 Å². The Bertz CT molecular complexity index is 1140. The summed E-state index contributed by atoms with van der Waals surface area (Å²) < 4.78 is 5.64. The molecule has 2 unspecified atom stereocenters. The smallest absolute Gasteiger partial charge is 0.228 e. The monoisotopic (exact) mass is 472 g/mol. The highest BCUT2D eigenvalue weighted by molar-refractivity contribution is 5.80. The fraction of sp³-hybridized carbons (Fsp3) is 0.367. The van der Waals surface area contributed by atoms with E-state index in [9.17, 15) is 9.90 Å². The fourth-order valence-corrected chi connectivity index (χ4v) is 4.85. The first kappa shape index (κ1) is 24.8. The molecule has 1 amide bonds. The summed E-state index contributed by atoms with van der Waals surface area (Å²) in [6.07, 6.45) is 2.00. The Labute approximate surface area is 208 Å². The summed E-state index contributed by atoms with van der Waals surface area (Å²) in [6.45, 7) is 7.23. The van der Waals surface area contributed by atoms with Gasteiger partial charge in [0.05, 0.1) is 25.7 Å². The zero-order chi connectivity index (χ0) is 25.0. The second-order valence-electron chi connectivity index (χ2n) is 10.3. The van der Waals surface area contributed by atoms with Gasteiger partial charge in [-0.1, -0.05) is 75.4 Å². The number of hydrogen-bond acceptors (Lipinski definition) is 4. The van der Waals surface area contributed by atoms with Gasteiger partial charge in [0.15, 0.2) is 0 Å². The number of hydrogen-bond donors (Lipinski definition) is 2. The lowest BCUT2D eigenvalue weighted by Gasteiger charge is -2.32. The van der Waals surface area contributed by atoms with Crippen molar-refractivity contribution in [2.45, 2.75) is 64.2 Å². The summed E-state index contributed by atoms with van der Waals surface area (Å²) in [4.78, 5) is 15.6. The van der Waals surface area contributed by atoms with Crippen molar-refractivity contribution in [3.63, 3.8) is 0 Å². The van der Waals surface area contributed by atoms with Crippen LogP contribution < -0.4 is 10.1 Å². The maximum Gasteiger partial charge on any atom is 0.228 e. The van der Waals surface area contributed by atoms with Gasteiger partial charge in [0, 0.05) is 12.1 Å². The van der Waals surface area contributed by atoms with E-state index in [1.54, 1.807) is 19.2 Å². The molecule has 2 N–H and O–H groups in total. The van der Waals surface area contributed by atoms with Crippen molar-refractivity contribution in [1.82, 2.24) is 10.2 Å². The van der Waals surface area contributed by atoms with Crippen LogP contribution in [0.2, 0.25) is 0 Å². The second kappa shape index (κ2) is 10.5. The third-order valence-electron chi connectivity index (χ3n) is 6.82. The molecule has 1 heterocycles. The number of ether oxygens (including phenoxy) is 1. The number of likely N-dealkylation sites (tertiary alicyclic amines) is 1. The first-order valence-corrected chi connectivity index (χ1v) is 12.3. The predicted octanol–water partition coefficient (Wildman–Crippen LogP) is 5.72. The minimum absolute atomic E-state index is 0.0288. The second-order valence-corrected chi connectivity index (χ2v) is 10.3. The number of carbonyl (C=O) groups is 1. The number of nitrogens with one attached hydrogen (secondary N) is 1. The Balaban J connectivity index is 1.57. The van der Waals surface area contributed by atoms with Gasteiger partial charge in [-0.3, -0.25) is 10.1 Å².